The minimum absolute atomic E-state index is 0.286. The Morgan fingerprint density at radius 2 is 1.93 bits per heavy atom. The zero-order valence-electron chi connectivity index (χ0n) is 8.71. The second-order valence-corrected chi connectivity index (χ2v) is 5.11. The largest absolute Gasteiger partial charge is 0.294 e. The summed E-state index contributed by atoms with van der Waals surface area (Å²) in [6, 6.07) is 7.70. The summed E-state index contributed by atoms with van der Waals surface area (Å²) in [6.45, 7) is 0. The van der Waals surface area contributed by atoms with Crippen LogP contribution < -0.4 is 0 Å². The van der Waals surface area contributed by atoms with E-state index in [9.17, 15) is 4.79 Å². The molecular weight excluding hydrogens is 252 g/mol. The van der Waals surface area contributed by atoms with Gasteiger partial charge in [0.05, 0.1) is 0 Å². The quantitative estimate of drug-likeness (QED) is 0.749. The molecule has 1 aliphatic rings. The third-order valence-electron chi connectivity index (χ3n) is 3.12. The van der Waals surface area contributed by atoms with Gasteiger partial charge in [0.2, 0.25) is 0 Å². The minimum Gasteiger partial charge on any atom is -0.294 e. The van der Waals surface area contributed by atoms with E-state index in [-0.39, 0.29) is 5.78 Å². The van der Waals surface area contributed by atoms with E-state index >= 15 is 0 Å². The van der Waals surface area contributed by atoms with Crippen LogP contribution in [0.15, 0.2) is 28.7 Å². The first kappa shape index (κ1) is 10.9. The normalized spacial score (nSPS) is 16.9. The fourth-order valence-corrected chi connectivity index (χ4v) is 2.78. The molecule has 1 nitrogen and oxygen atoms in total. The van der Waals surface area contributed by atoms with Crippen LogP contribution in [0.5, 0.6) is 0 Å². The van der Waals surface area contributed by atoms with Crippen LogP contribution in [0.3, 0.4) is 0 Å². The molecule has 0 bridgehead atoms. The summed E-state index contributed by atoms with van der Waals surface area (Å²) in [5.74, 6) is 0.916. The summed E-state index contributed by atoms with van der Waals surface area (Å²) in [5.41, 5.74) is 0.837. The maximum atomic E-state index is 12.0. The van der Waals surface area contributed by atoms with E-state index in [2.05, 4.69) is 15.9 Å². The first-order valence-electron chi connectivity index (χ1n) is 5.55. The second kappa shape index (κ2) is 4.93. The summed E-state index contributed by atoms with van der Waals surface area (Å²) in [5, 5.41) is 0. The molecule has 1 aliphatic carbocycles. The highest BCUT2D eigenvalue weighted by Gasteiger charge is 2.20. The van der Waals surface area contributed by atoms with Crippen LogP contribution in [0.2, 0.25) is 0 Å². The maximum absolute atomic E-state index is 12.0. The Kier molecular flexibility index (Phi) is 3.57. The molecule has 80 valence electrons. The summed E-state index contributed by atoms with van der Waals surface area (Å²) >= 11 is 3.43. The number of hydrogen-bond donors (Lipinski definition) is 0. The van der Waals surface area contributed by atoms with Crippen molar-refractivity contribution in [2.45, 2.75) is 32.1 Å². The Labute approximate surface area is 99.0 Å². The second-order valence-electron chi connectivity index (χ2n) is 4.26. The number of ketones is 1. The molecule has 1 fully saturated rings. The molecule has 15 heavy (non-hydrogen) atoms. The lowest BCUT2D eigenvalue weighted by molar-refractivity contribution is 0.0961. The highest BCUT2D eigenvalue weighted by molar-refractivity contribution is 9.10. The molecule has 1 aromatic carbocycles. The summed E-state index contributed by atoms with van der Waals surface area (Å²) in [7, 11) is 0. The Hall–Kier alpha value is -0.630. The molecule has 2 rings (SSSR count). The molecule has 0 aromatic heterocycles. The molecule has 0 spiro atoms. The van der Waals surface area contributed by atoms with Gasteiger partial charge in [-0.3, -0.25) is 4.79 Å². The minimum atomic E-state index is 0.286. The van der Waals surface area contributed by atoms with Gasteiger partial charge in [-0.1, -0.05) is 59.8 Å². The van der Waals surface area contributed by atoms with Crippen LogP contribution in [-0.2, 0) is 0 Å². The summed E-state index contributed by atoms with van der Waals surface area (Å²) in [6.07, 6.45) is 5.79. The lowest BCUT2D eigenvalue weighted by atomic mass is 9.97. The van der Waals surface area contributed by atoms with Crippen molar-refractivity contribution in [2.24, 2.45) is 5.92 Å². The van der Waals surface area contributed by atoms with Crippen molar-refractivity contribution in [1.29, 1.82) is 0 Å². The Morgan fingerprint density at radius 3 is 2.60 bits per heavy atom. The number of carbonyl (C=O) groups excluding carboxylic acids is 1. The van der Waals surface area contributed by atoms with E-state index in [4.69, 9.17) is 0 Å². The van der Waals surface area contributed by atoms with Crippen LogP contribution >= 0.6 is 15.9 Å². The average Bonchev–Trinajstić information content (AvgIpc) is 2.71. The standard InChI is InChI=1S/C13H15BrO/c14-12-8-4-3-7-11(12)13(15)9-10-5-1-2-6-10/h3-4,7-8,10H,1-2,5-6,9H2. The van der Waals surface area contributed by atoms with Gasteiger partial charge in [-0.15, -0.1) is 0 Å². The number of rotatable bonds is 3. The predicted molar refractivity (Wildman–Crippen MR) is 65.0 cm³/mol. The number of benzene rings is 1. The molecule has 0 amide bonds. The zero-order chi connectivity index (χ0) is 10.7. The van der Waals surface area contributed by atoms with Crippen molar-refractivity contribution in [3.63, 3.8) is 0 Å². The molecule has 0 N–H and O–H groups in total. The van der Waals surface area contributed by atoms with Crippen molar-refractivity contribution >= 4 is 21.7 Å². The molecule has 1 saturated carbocycles. The van der Waals surface area contributed by atoms with Gasteiger partial charge in [0.15, 0.2) is 5.78 Å². The summed E-state index contributed by atoms with van der Waals surface area (Å²) in [4.78, 5) is 12.0. The third-order valence-corrected chi connectivity index (χ3v) is 3.81. The Morgan fingerprint density at radius 1 is 1.27 bits per heavy atom. The monoisotopic (exact) mass is 266 g/mol. The van der Waals surface area contributed by atoms with Gasteiger partial charge >= 0.3 is 0 Å². The summed E-state index contributed by atoms with van der Waals surface area (Å²) < 4.78 is 0.924. The average molecular weight is 267 g/mol. The highest BCUT2D eigenvalue weighted by atomic mass is 79.9. The van der Waals surface area contributed by atoms with Gasteiger partial charge in [0, 0.05) is 16.5 Å². The van der Waals surface area contributed by atoms with Gasteiger partial charge in [-0.05, 0) is 12.0 Å². The molecule has 2 heteroatoms. The molecule has 1 aromatic rings. The Bertz CT molecular complexity index is 353. The fourth-order valence-electron chi connectivity index (χ4n) is 2.27. The first-order valence-corrected chi connectivity index (χ1v) is 6.34. The Balaban J connectivity index is 2.04. The SMILES string of the molecule is O=C(CC1CCCC1)c1ccccc1Br. The molecule has 0 heterocycles. The lowest BCUT2D eigenvalue weighted by Gasteiger charge is -2.08. The molecule has 0 atom stereocenters. The van der Waals surface area contributed by atoms with Crippen LogP contribution in [0.25, 0.3) is 0 Å². The number of halogens is 1. The van der Waals surface area contributed by atoms with Crippen LogP contribution in [0.1, 0.15) is 42.5 Å². The van der Waals surface area contributed by atoms with Crippen LogP contribution in [0.4, 0.5) is 0 Å². The number of hydrogen-bond acceptors (Lipinski definition) is 1. The number of Topliss-reactive ketones (excluding diaryl/α,β-unsaturated/α-hetero) is 1. The van der Waals surface area contributed by atoms with E-state index in [1.807, 2.05) is 24.3 Å². The molecule has 0 unspecified atom stereocenters. The van der Waals surface area contributed by atoms with Crippen molar-refractivity contribution in [1.82, 2.24) is 0 Å². The smallest absolute Gasteiger partial charge is 0.164 e. The maximum Gasteiger partial charge on any atom is 0.164 e. The van der Waals surface area contributed by atoms with Gasteiger partial charge < -0.3 is 0 Å². The van der Waals surface area contributed by atoms with E-state index in [0.717, 1.165) is 16.5 Å². The van der Waals surface area contributed by atoms with Crippen molar-refractivity contribution in [2.75, 3.05) is 0 Å². The predicted octanol–water partition coefficient (Wildman–Crippen LogP) is 4.21. The van der Waals surface area contributed by atoms with E-state index in [0.29, 0.717) is 5.92 Å². The topological polar surface area (TPSA) is 17.1 Å². The van der Waals surface area contributed by atoms with Gasteiger partial charge in [-0.2, -0.15) is 0 Å². The van der Waals surface area contributed by atoms with E-state index in [1.54, 1.807) is 0 Å². The fraction of sp³-hybridized carbons (Fsp3) is 0.462. The molecular formula is C13H15BrO. The lowest BCUT2D eigenvalue weighted by Crippen LogP contribution is -2.06. The zero-order valence-corrected chi connectivity index (χ0v) is 10.3. The molecule has 0 saturated heterocycles. The highest BCUT2D eigenvalue weighted by Crippen LogP contribution is 2.29. The van der Waals surface area contributed by atoms with Gasteiger partial charge in [0.1, 0.15) is 0 Å². The van der Waals surface area contributed by atoms with E-state index < -0.39 is 0 Å². The van der Waals surface area contributed by atoms with Crippen molar-refractivity contribution in [3.05, 3.63) is 34.3 Å². The van der Waals surface area contributed by atoms with Crippen LogP contribution in [0, 0.1) is 5.92 Å². The third kappa shape index (κ3) is 2.69. The molecule has 0 radical (unpaired) electrons. The van der Waals surface area contributed by atoms with E-state index in [1.165, 1.54) is 25.7 Å². The number of carbonyl (C=O) groups is 1. The van der Waals surface area contributed by atoms with Crippen molar-refractivity contribution in [3.8, 4) is 0 Å². The van der Waals surface area contributed by atoms with Crippen LogP contribution in [-0.4, -0.2) is 5.78 Å². The van der Waals surface area contributed by atoms with Gasteiger partial charge in [0.25, 0.3) is 0 Å². The van der Waals surface area contributed by atoms with Gasteiger partial charge in [-0.25, -0.2) is 0 Å². The molecule has 0 aliphatic heterocycles. The van der Waals surface area contributed by atoms with Crippen molar-refractivity contribution < 1.29 is 4.79 Å². The first-order chi connectivity index (χ1) is 7.27.